The molecule has 102 valence electrons. The van der Waals surface area contributed by atoms with E-state index in [1.165, 1.54) is 30.7 Å². The first-order valence-corrected chi connectivity index (χ1v) is 7.42. The van der Waals surface area contributed by atoms with Gasteiger partial charge >= 0.3 is 0 Å². The van der Waals surface area contributed by atoms with Crippen LogP contribution in [0.5, 0.6) is 0 Å². The van der Waals surface area contributed by atoms with Crippen molar-refractivity contribution in [2.75, 3.05) is 13.2 Å². The molecule has 0 spiro atoms. The maximum Gasteiger partial charge on any atom is 0.251 e. The molecular weight excluding hydrogens is 230 g/mol. The largest absolute Gasteiger partial charge is 0.350 e. The maximum absolute atomic E-state index is 12.0. The number of amides is 1. The van der Waals surface area contributed by atoms with Crippen molar-refractivity contribution in [2.45, 2.75) is 57.7 Å². The quantitative estimate of drug-likeness (QED) is 0.722. The molecule has 2 heterocycles. The van der Waals surface area contributed by atoms with Gasteiger partial charge in [0.25, 0.3) is 5.91 Å². The highest BCUT2D eigenvalue weighted by Crippen LogP contribution is 2.34. The molecule has 1 amide bonds. The summed E-state index contributed by atoms with van der Waals surface area (Å²) in [5.41, 5.74) is 0. The predicted octanol–water partition coefficient (Wildman–Crippen LogP) is 2.48. The molecule has 4 heteroatoms. The van der Waals surface area contributed by atoms with E-state index in [-0.39, 0.29) is 18.1 Å². The fraction of sp³-hybridized carbons (Fsp3) is 0.929. The summed E-state index contributed by atoms with van der Waals surface area (Å²) in [6.45, 7) is 1.54. The first-order chi connectivity index (χ1) is 8.83. The Kier molecular flexibility index (Phi) is 3.85. The lowest BCUT2D eigenvalue weighted by Gasteiger charge is -2.40. The van der Waals surface area contributed by atoms with Gasteiger partial charge in [0, 0.05) is 13.0 Å². The molecule has 3 rings (SSSR count). The van der Waals surface area contributed by atoms with E-state index in [4.69, 9.17) is 9.57 Å². The van der Waals surface area contributed by atoms with Gasteiger partial charge in [0.2, 0.25) is 0 Å². The van der Waals surface area contributed by atoms with E-state index < -0.39 is 0 Å². The molecule has 0 N–H and O–H groups in total. The van der Waals surface area contributed by atoms with Crippen LogP contribution in [0.3, 0.4) is 0 Å². The van der Waals surface area contributed by atoms with Crippen molar-refractivity contribution >= 4 is 5.91 Å². The van der Waals surface area contributed by atoms with Crippen LogP contribution in [0, 0.1) is 11.8 Å². The number of hydroxylamine groups is 2. The standard InChI is InChI=1S/C14H23NO3/c16-14-12(9-11-5-1-2-6-11)10-15(14)18-13-7-3-4-8-17-13/h11-13H,1-10H2/t12-,13?/m1/s1. The average molecular weight is 253 g/mol. The number of hydrogen-bond donors (Lipinski definition) is 0. The predicted molar refractivity (Wildman–Crippen MR) is 66.5 cm³/mol. The highest BCUT2D eigenvalue weighted by Gasteiger charge is 2.40. The summed E-state index contributed by atoms with van der Waals surface area (Å²) in [6.07, 6.45) is 9.38. The Labute approximate surface area is 109 Å². The minimum absolute atomic E-state index is 0.177. The molecule has 2 aliphatic heterocycles. The van der Waals surface area contributed by atoms with Crippen molar-refractivity contribution in [3.63, 3.8) is 0 Å². The zero-order valence-electron chi connectivity index (χ0n) is 11.0. The SMILES string of the molecule is O=C1[C@H](CC2CCCC2)CN1OC1CCCCO1. The molecule has 2 atom stereocenters. The Morgan fingerprint density at radius 2 is 1.94 bits per heavy atom. The Hall–Kier alpha value is -0.610. The van der Waals surface area contributed by atoms with Crippen LogP contribution in [0.1, 0.15) is 51.4 Å². The van der Waals surface area contributed by atoms with E-state index in [0.717, 1.165) is 44.8 Å². The van der Waals surface area contributed by atoms with Crippen molar-refractivity contribution in [3.8, 4) is 0 Å². The second kappa shape index (κ2) is 5.57. The van der Waals surface area contributed by atoms with Gasteiger partial charge in [-0.3, -0.25) is 4.79 Å². The lowest BCUT2D eigenvalue weighted by molar-refractivity contribution is -0.301. The normalized spacial score (nSPS) is 33.8. The Morgan fingerprint density at radius 1 is 1.17 bits per heavy atom. The molecule has 2 saturated heterocycles. The third kappa shape index (κ3) is 2.69. The van der Waals surface area contributed by atoms with Crippen molar-refractivity contribution < 1.29 is 14.4 Å². The fourth-order valence-electron chi connectivity index (χ4n) is 3.31. The third-order valence-corrected chi connectivity index (χ3v) is 4.46. The smallest absolute Gasteiger partial charge is 0.251 e. The average Bonchev–Trinajstić information content (AvgIpc) is 2.91. The molecule has 4 nitrogen and oxygen atoms in total. The van der Waals surface area contributed by atoms with Crippen LogP contribution in [0.2, 0.25) is 0 Å². The van der Waals surface area contributed by atoms with Crippen LogP contribution in [-0.2, 0) is 14.4 Å². The maximum atomic E-state index is 12.0. The summed E-state index contributed by atoms with van der Waals surface area (Å²) in [6, 6.07) is 0. The number of carbonyl (C=O) groups is 1. The zero-order chi connectivity index (χ0) is 12.4. The number of β-lactam (4-membered cyclic amide) rings is 1. The molecule has 1 saturated carbocycles. The summed E-state index contributed by atoms with van der Waals surface area (Å²) in [4.78, 5) is 17.6. The van der Waals surface area contributed by atoms with E-state index in [2.05, 4.69) is 0 Å². The van der Waals surface area contributed by atoms with Crippen molar-refractivity contribution in [1.82, 2.24) is 5.06 Å². The number of hydrogen-bond acceptors (Lipinski definition) is 3. The van der Waals surface area contributed by atoms with Crippen LogP contribution in [-0.4, -0.2) is 30.4 Å². The van der Waals surface area contributed by atoms with Crippen molar-refractivity contribution in [3.05, 3.63) is 0 Å². The number of carbonyl (C=O) groups excluding carboxylic acids is 1. The van der Waals surface area contributed by atoms with Gasteiger partial charge in [-0.1, -0.05) is 25.7 Å². The molecule has 1 unspecified atom stereocenters. The Balaban J connectivity index is 1.40. The summed E-state index contributed by atoms with van der Waals surface area (Å²) >= 11 is 0. The lowest BCUT2D eigenvalue weighted by Crippen LogP contribution is -2.54. The van der Waals surface area contributed by atoms with Gasteiger partial charge in [-0.25, -0.2) is 9.90 Å². The van der Waals surface area contributed by atoms with Gasteiger partial charge in [-0.15, -0.1) is 0 Å². The van der Waals surface area contributed by atoms with E-state index >= 15 is 0 Å². The van der Waals surface area contributed by atoms with Crippen molar-refractivity contribution in [2.24, 2.45) is 11.8 Å². The number of rotatable bonds is 4. The molecule has 0 aromatic rings. The van der Waals surface area contributed by atoms with E-state index in [0.29, 0.717) is 0 Å². The third-order valence-electron chi connectivity index (χ3n) is 4.46. The lowest BCUT2D eigenvalue weighted by atomic mass is 9.88. The van der Waals surface area contributed by atoms with Crippen LogP contribution in [0.15, 0.2) is 0 Å². The second-order valence-corrected chi connectivity index (χ2v) is 5.88. The summed E-state index contributed by atoms with van der Waals surface area (Å²) in [5, 5.41) is 1.52. The number of nitrogens with zero attached hydrogens (tertiary/aromatic N) is 1. The minimum atomic E-state index is -0.185. The van der Waals surface area contributed by atoms with Crippen LogP contribution >= 0.6 is 0 Å². The Bertz CT molecular complexity index is 295. The molecule has 0 aromatic heterocycles. The molecule has 0 bridgehead atoms. The molecule has 18 heavy (non-hydrogen) atoms. The summed E-state index contributed by atoms with van der Waals surface area (Å²) < 4.78 is 5.49. The van der Waals surface area contributed by atoms with E-state index in [9.17, 15) is 4.79 Å². The molecule has 3 fully saturated rings. The first-order valence-electron chi connectivity index (χ1n) is 7.42. The molecule has 0 radical (unpaired) electrons. The van der Waals surface area contributed by atoms with Crippen LogP contribution < -0.4 is 0 Å². The van der Waals surface area contributed by atoms with Gasteiger partial charge in [0.05, 0.1) is 12.5 Å². The minimum Gasteiger partial charge on any atom is -0.350 e. The Morgan fingerprint density at radius 3 is 2.61 bits per heavy atom. The molecule has 0 aromatic carbocycles. The van der Waals surface area contributed by atoms with Gasteiger partial charge in [-0.2, -0.15) is 0 Å². The highest BCUT2D eigenvalue weighted by molar-refractivity contribution is 5.83. The highest BCUT2D eigenvalue weighted by atomic mass is 16.8. The van der Waals surface area contributed by atoms with E-state index in [1.807, 2.05) is 0 Å². The van der Waals surface area contributed by atoms with Gasteiger partial charge in [0.15, 0.2) is 6.29 Å². The topological polar surface area (TPSA) is 38.8 Å². The first kappa shape index (κ1) is 12.4. The van der Waals surface area contributed by atoms with Crippen molar-refractivity contribution in [1.29, 1.82) is 0 Å². The van der Waals surface area contributed by atoms with Gasteiger partial charge < -0.3 is 4.74 Å². The van der Waals surface area contributed by atoms with Gasteiger partial charge in [0.1, 0.15) is 0 Å². The molecule has 1 aliphatic carbocycles. The van der Waals surface area contributed by atoms with E-state index in [1.54, 1.807) is 0 Å². The van der Waals surface area contributed by atoms with Crippen LogP contribution in [0.25, 0.3) is 0 Å². The van der Waals surface area contributed by atoms with Crippen LogP contribution in [0.4, 0.5) is 0 Å². The second-order valence-electron chi connectivity index (χ2n) is 5.88. The molecule has 3 aliphatic rings. The zero-order valence-corrected chi connectivity index (χ0v) is 11.0. The summed E-state index contributed by atoms with van der Waals surface area (Å²) in [5.74, 6) is 1.18. The van der Waals surface area contributed by atoms with Gasteiger partial charge in [-0.05, 0) is 25.2 Å². The number of ether oxygens (including phenoxy) is 1. The summed E-state index contributed by atoms with van der Waals surface area (Å²) in [7, 11) is 0. The molecular formula is C14H23NO3. The fourth-order valence-corrected chi connectivity index (χ4v) is 3.31. The monoisotopic (exact) mass is 253 g/mol.